The molecule has 0 aliphatic rings. The first-order valence-electron chi connectivity index (χ1n) is 6.83. The lowest BCUT2D eigenvalue weighted by Crippen LogP contribution is -2.14. The number of carbonyl (C=O) groups is 1. The predicted molar refractivity (Wildman–Crippen MR) is 79.8 cm³/mol. The van der Waals surface area contributed by atoms with Gasteiger partial charge in [-0.05, 0) is 36.8 Å². The van der Waals surface area contributed by atoms with E-state index in [1.165, 1.54) is 24.3 Å². The molecule has 0 bridgehead atoms. The van der Waals surface area contributed by atoms with E-state index < -0.39 is 11.7 Å². The highest BCUT2D eigenvalue weighted by atomic mass is 19.1. The van der Waals surface area contributed by atoms with Crippen molar-refractivity contribution < 1.29 is 9.18 Å². The van der Waals surface area contributed by atoms with Crippen LogP contribution in [0, 0.1) is 5.82 Å². The number of halogens is 1. The Bertz CT molecular complexity index is 601. The van der Waals surface area contributed by atoms with Gasteiger partial charge < -0.3 is 10.6 Å². The molecule has 2 rings (SSSR count). The number of unbranched alkanes of at least 4 members (excludes halogenated alkanes) is 1. The van der Waals surface area contributed by atoms with Crippen LogP contribution in [0.5, 0.6) is 0 Å². The van der Waals surface area contributed by atoms with Gasteiger partial charge in [-0.25, -0.2) is 4.39 Å². The molecule has 0 unspecified atom stereocenters. The van der Waals surface area contributed by atoms with Gasteiger partial charge in [0, 0.05) is 12.1 Å². The fourth-order valence-electron chi connectivity index (χ4n) is 1.70. The summed E-state index contributed by atoms with van der Waals surface area (Å²) < 4.78 is 13.1. The van der Waals surface area contributed by atoms with Crippen LogP contribution in [0.1, 0.15) is 30.1 Å². The molecule has 1 aromatic carbocycles. The summed E-state index contributed by atoms with van der Waals surface area (Å²) in [4.78, 5) is 11.9. The Morgan fingerprint density at radius 2 is 1.95 bits per heavy atom. The van der Waals surface area contributed by atoms with Gasteiger partial charge in [-0.15, -0.1) is 10.2 Å². The van der Waals surface area contributed by atoms with E-state index in [1.54, 1.807) is 12.1 Å². The molecule has 0 saturated heterocycles. The minimum absolute atomic E-state index is 0.238. The number of carbonyl (C=O) groups excluding carboxylic acids is 1. The smallest absolute Gasteiger partial charge is 0.256 e. The van der Waals surface area contributed by atoms with Crippen molar-refractivity contribution in [3.05, 3.63) is 47.8 Å². The van der Waals surface area contributed by atoms with Crippen molar-refractivity contribution in [2.24, 2.45) is 0 Å². The first kappa shape index (κ1) is 14.9. The number of aromatic nitrogens is 2. The molecular formula is C15H17FN4O. The fourth-order valence-corrected chi connectivity index (χ4v) is 1.70. The molecule has 1 amide bonds. The maximum Gasteiger partial charge on any atom is 0.256 e. The SMILES string of the molecule is CCCCNc1ccc(NC(=O)c2cccc(F)c2)nn1. The number of anilines is 2. The highest BCUT2D eigenvalue weighted by molar-refractivity contribution is 6.03. The van der Waals surface area contributed by atoms with Crippen molar-refractivity contribution in [1.29, 1.82) is 0 Å². The molecule has 5 nitrogen and oxygen atoms in total. The van der Waals surface area contributed by atoms with Crippen LogP contribution in [0.4, 0.5) is 16.0 Å². The van der Waals surface area contributed by atoms with Gasteiger partial charge >= 0.3 is 0 Å². The lowest BCUT2D eigenvalue weighted by atomic mass is 10.2. The van der Waals surface area contributed by atoms with Gasteiger partial charge in [-0.3, -0.25) is 4.79 Å². The molecular weight excluding hydrogens is 271 g/mol. The average Bonchev–Trinajstić information content (AvgIpc) is 2.49. The second-order valence-electron chi connectivity index (χ2n) is 4.55. The third kappa shape index (κ3) is 4.52. The number of hydrogen-bond acceptors (Lipinski definition) is 4. The largest absolute Gasteiger partial charge is 0.369 e. The molecule has 0 atom stereocenters. The minimum atomic E-state index is -0.454. The molecule has 0 spiro atoms. The zero-order valence-electron chi connectivity index (χ0n) is 11.8. The van der Waals surface area contributed by atoms with Crippen molar-refractivity contribution in [3.63, 3.8) is 0 Å². The van der Waals surface area contributed by atoms with E-state index in [1.807, 2.05) is 0 Å². The minimum Gasteiger partial charge on any atom is -0.369 e. The lowest BCUT2D eigenvalue weighted by molar-refractivity contribution is 0.102. The highest BCUT2D eigenvalue weighted by Crippen LogP contribution is 2.09. The van der Waals surface area contributed by atoms with Crippen LogP contribution < -0.4 is 10.6 Å². The molecule has 0 aliphatic heterocycles. The monoisotopic (exact) mass is 288 g/mol. The van der Waals surface area contributed by atoms with Crippen LogP contribution in [0.15, 0.2) is 36.4 Å². The molecule has 2 aromatic rings. The first-order chi connectivity index (χ1) is 10.2. The van der Waals surface area contributed by atoms with Crippen LogP contribution in [-0.4, -0.2) is 22.6 Å². The number of hydrogen-bond donors (Lipinski definition) is 2. The number of amides is 1. The maximum absolute atomic E-state index is 13.1. The summed E-state index contributed by atoms with van der Waals surface area (Å²) in [5, 5.41) is 13.6. The molecule has 1 aromatic heterocycles. The number of benzene rings is 1. The summed E-state index contributed by atoms with van der Waals surface area (Å²) in [6.45, 7) is 2.94. The molecule has 0 saturated carbocycles. The molecule has 6 heteroatoms. The Labute approximate surface area is 122 Å². The molecule has 21 heavy (non-hydrogen) atoms. The van der Waals surface area contributed by atoms with Gasteiger partial charge in [0.25, 0.3) is 5.91 Å². The standard InChI is InChI=1S/C15H17FN4O/c1-2-3-9-17-13-7-8-14(20-19-13)18-15(21)11-5-4-6-12(16)10-11/h4-8,10H,2-3,9H2,1H3,(H,17,19)(H,18,20,21). The first-order valence-corrected chi connectivity index (χ1v) is 6.83. The molecule has 0 fully saturated rings. The molecule has 0 aliphatic carbocycles. The van der Waals surface area contributed by atoms with Gasteiger partial charge in [0.05, 0.1) is 0 Å². The van der Waals surface area contributed by atoms with Crippen LogP contribution >= 0.6 is 0 Å². The van der Waals surface area contributed by atoms with E-state index in [4.69, 9.17) is 0 Å². The van der Waals surface area contributed by atoms with Crippen molar-refractivity contribution in [1.82, 2.24) is 10.2 Å². The molecule has 0 radical (unpaired) electrons. The second kappa shape index (κ2) is 7.33. The normalized spacial score (nSPS) is 10.2. The molecule has 110 valence electrons. The topological polar surface area (TPSA) is 66.9 Å². The average molecular weight is 288 g/mol. The highest BCUT2D eigenvalue weighted by Gasteiger charge is 2.08. The molecule has 1 heterocycles. The summed E-state index contributed by atoms with van der Waals surface area (Å²) in [6.07, 6.45) is 2.15. The summed E-state index contributed by atoms with van der Waals surface area (Å²) >= 11 is 0. The van der Waals surface area contributed by atoms with E-state index in [0.29, 0.717) is 11.6 Å². The van der Waals surface area contributed by atoms with Gasteiger partial charge in [0.2, 0.25) is 0 Å². The van der Waals surface area contributed by atoms with Crippen molar-refractivity contribution in [3.8, 4) is 0 Å². The zero-order chi connectivity index (χ0) is 15.1. The summed E-state index contributed by atoms with van der Waals surface area (Å²) in [5.74, 6) is 0.109. The predicted octanol–water partition coefficient (Wildman–Crippen LogP) is 3.08. The van der Waals surface area contributed by atoms with Gasteiger partial charge in [-0.1, -0.05) is 19.4 Å². The summed E-state index contributed by atoms with van der Waals surface area (Å²) in [5.41, 5.74) is 0.238. The zero-order valence-corrected chi connectivity index (χ0v) is 11.8. The Kier molecular flexibility index (Phi) is 5.20. The van der Waals surface area contributed by atoms with E-state index >= 15 is 0 Å². The van der Waals surface area contributed by atoms with E-state index in [0.717, 1.165) is 19.4 Å². The van der Waals surface area contributed by atoms with Crippen LogP contribution in [-0.2, 0) is 0 Å². The Morgan fingerprint density at radius 3 is 2.62 bits per heavy atom. The number of rotatable bonds is 6. The number of nitrogens with zero attached hydrogens (tertiary/aromatic N) is 2. The van der Waals surface area contributed by atoms with Gasteiger partial charge in [0.1, 0.15) is 11.6 Å². The second-order valence-corrected chi connectivity index (χ2v) is 4.55. The third-order valence-corrected chi connectivity index (χ3v) is 2.83. The van der Waals surface area contributed by atoms with Crippen LogP contribution in [0.3, 0.4) is 0 Å². The summed E-state index contributed by atoms with van der Waals surface area (Å²) in [6, 6.07) is 8.86. The Hall–Kier alpha value is -2.50. The third-order valence-electron chi connectivity index (χ3n) is 2.83. The van der Waals surface area contributed by atoms with Crippen LogP contribution in [0.2, 0.25) is 0 Å². The van der Waals surface area contributed by atoms with Crippen molar-refractivity contribution >= 4 is 17.5 Å². The van der Waals surface area contributed by atoms with E-state index in [9.17, 15) is 9.18 Å². The molecule has 2 N–H and O–H groups in total. The van der Waals surface area contributed by atoms with E-state index in [-0.39, 0.29) is 5.56 Å². The van der Waals surface area contributed by atoms with Gasteiger partial charge in [-0.2, -0.15) is 0 Å². The summed E-state index contributed by atoms with van der Waals surface area (Å²) in [7, 11) is 0. The van der Waals surface area contributed by atoms with Crippen molar-refractivity contribution in [2.75, 3.05) is 17.2 Å². The van der Waals surface area contributed by atoms with E-state index in [2.05, 4.69) is 27.8 Å². The van der Waals surface area contributed by atoms with Crippen molar-refractivity contribution in [2.45, 2.75) is 19.8 Å². The Morgan fingerprint density at radius 1 is 1.19 bits per heavy atom. The quantitative estimate of drug-likeness (QED) is 0.802. The van der Waals surface area contributed by atoms with Gasteiger partial charge in [0.15, 0.2) is 5.82 Å². The van der Waals surface area contributed by atoms with Crippen LogP contribution in [0.25, 0.3) is 0 Å². The number of nitrogens with one attached hydrogen (secondary N) is 2. The fraction of sp³-hybridized carbons (Fsp3) is 0.267. The maximum atomic E-state index is 13.1. The Balaban J connectivity index is 1.95. The lowest BCUT2D eigenvalue weighted by Gasteiger charge is -2.06.